The quantitative estimate of drug-likeness (QED) is 0.810. The van der Waals surface area contributed by atoms with Crippen molar-refractivity contribution in [2.24, 2.45) is 0 Å². The van der Waals surface area contributed by atoms with E-state index in [2.05, 4.69) is 26.0 Å². The molecule has 0 N–H and O–H groups in total. The molecule has 0 radical (unpaired) electrons. The highest BCUT2D eigenvalue weighted by Crippen LogP contribution is 2.30. The molecule has 128 valence electrons. The van der Waals surface area contributed by atoms with Crippen molar-refractivity contribution in [1.82, 2.24) is 0 Å². The van der Waals surface area contributed by atoms with Gasteiger partial charge in [-0.05, 0) is 29.2 Å². The number of rotatable bonds is 5. The van der Waals surface area contributed by atoms with Crippen LogP contribution >= 0.6 is 0 Å². The van der Waals surface area contributed by atoms with Crippen molar-refractivity contribution in [3.8, 4) is 5.75 Å². The number of hydrogen-bond acceptors (Lipinski definition) is 3. The molecular weight excluding hydrogens is 327 g/mol. The highest BCUT2D eigenvalue weighted by molar-refractivity contribution is 7.83. The van der Waals surface area contributed by atoms with Gasteiger partial charge in [-0.25, -0.2) is 4.39 Å². The Bertz CT molecular complexity index is 741. The normalized spacial score (nSPS) is 15.0. The van der Waals surface area contributed by atoms with E-state index in [0.29, 0.717) is 35.2 Å². The third-order valence-electron chi connectivity index (χ3n) is 4.04. The summed E-state index contributed by atoms with van der Waals surface area (Å²) in [4.78, 5) is 0. The molecule has 1 aliphatic rings. The summed E-state index contributed by atoms with van der Waals surface area (Å²) in [5.74, 6) is 1.46. The Morgan fingerprint density at radius 2 is 1.92 bits per heavy atom. The van der Waals surface area contributed by atoms with Gasteiger partial charge in [0.15, 0.2) is 6.79 Å². The molecule has 2 aromatic rings. The first-order chi connectivity index (χ1) is 11.5. The maximum Gasteiger partial charge on any atom is 0.189 e. The fraction of sp³-hybridized carbons (Fsp3) is 0.368. The zero-order chi connectivity index (χ0) is 17.1. The average Bonchev–Trinajstić information content (AvgIpc) is 2.55. The lowest BCUT2D eigenvalue weighted by Gasteiger charge is -2.20. The van der Waals surface area contributed by atoms with Gasteiger partial charge < -0.3 is 9.47 Å². The SMILES string of the molecule is CC(C)c1ccc(C[S@@](=O)Cc2cc(F)cc3c2OCOC3)cc1. The molecule has 5 heteroatoms. The van der Waals surface area contributed by atoms with Gasteiger partial charge in [-0.1, -0.05) is 38.1 Å². The molecule has 3 rings (SSSR count). The molecule has 3 nitrogen and oxygen atoms in total. The van der Waals surface area contributed by atoms with E-state index in [0.717, 1.165) is 5.56 Å². The number of hydrogen-bond donors (Lipinski definition) is 0. The molecule has 24 heavy (non-hydrogen) atoms. The van der Waals surface area contributed by atoms with Crippen LogP contribution in [-0.4, -0.2) is 11.0 Å². The summed E-state index contributed by atoms with van der Waals surface area (Å²) < 4.78 is 36.9. The van der Waals surface area contributed by atoms with Crippen molar-refractivity contribution in [3.63, 3.8) is 0 Å². The van der Waals surface area contributed by atoms with Gasteiger partial charge in [0.2, 0.25) is 0 Å². The smallest absolute Gasteiger partial charge is 0.189 e. The second kappa shape index (κ2) is 7.45. The van der Waals surface area contributed by atoms with E-state index in [4.69, 9.17) is 9.47 Å². The lowest BCUT2D eigenvalue weighted by Crippen LogP contribution is -2.14. The Hall–Kier alpha value is -1.72. The van der Waals surface area contributed by atoms with Crippen molar-refractivity contribution in [1.29, 1.82) is 0 Å². The predicted octanol–water partition coefficient (Wildman–Crippen LogP) is 4.26. The molecular formula is C19H21FO3S. The summed E-state index contributed by atoms with van der Waals surface area (Å²) in [5, 5.41) is 0. The third kappa shape index (κ3) is 4.02. The molecule has 0 unspecified atom stereocenters. The number of halogens is 1. The van der Waals surface area contributed by atoms with Crippen LogP contribution in [-0.2, 0) is 33.6 Å². The Morgan fingerprint density at radius 1 is 1.17 bits per heavy atom. The van der Waals surface area contributed by atoms with E-state index in [-0.39, 0.29) is 18.4 Å². The zero-order valence-electron chi connectivity index (χ0n) is 13.9. The van der Waals surface area contributed by atoms with Gasteiger partial charge in [0, 0.05) is 27.7 Å². The molecule has 1 aliphatic heterocycles. The van der Waals surface area contributed by atoms with Crippen LogP contribution in [0.15, 0.2) is 36.4 Å². The van der Waals surface area contributed by atoms with Crippen molar-refractivity contribution in [3.05, 3.63) is 64.5 Å². The molecule has 0 saturated carbocycles. The van der Waals surface area contributed by atoms with E-state index in [1.807, 2.05) is 12.1 Å². The summed E-state index contributed by atoms with van der Waals surface area (Å²) in [5.41, 5.74) is 3.60. The fourth-order valence-electron chi connectivity index (χ4n) is 2.77. The van der Waals surface area contributed by atoms with Gasteiger partial charge >= 0.3 is 0 Å². The fourth-order valence-corrected chi connectivity index (χ4v) is 4.00. The average molecular weight is 348 g/mol. The molecule has 0 amide bonds. The number of benzene rings is 2. The van der Waals surface area contributed by atoms with Crippen molar-refractivity contribution in [2.75, 3.05) is 6.79 Å². The molecule has 0 aromatic heterocycles. The van der Waals surface area contributed by atoms with Crippen molar-refractivity contribution < 1.29 is 18.1 Å². The van der Waals surface area contributed by atoms with Gasteiger partial charge in [-0.2, -0.15) is 0 Å². The lowest BCUT2D eigenvalue weighted by atomic mass is 10.0. The van der Waals surface area contributed by atoms with Crippen LogP contribution in [0.3, 0.4) is 0 Å². The van der Waals surface area contributed by atoms with E-state index in [9.17, 15) is 8.60 Å². The Morgan fingerprint density at radius 3 is 2.62 bits per heavy atom. The minimum atomic E-state index is -1.13. The Kier molecular flexibility index (Phi) is 5.31. The minimum Gasteiger partial charge on any atom is -0.467 e. The van der Waals surface area contributed by atoms with E-state index in [1.165, 1.54) is 17.7 Å². The first-order valence-electron chi connectivity index (χ1n) is 7.98. The summed E-state index contributed by atoms with van der Waals surface area (Å²) in [6.07, 6.45) is 0. The highest BCUT2D eigenvalue weighted by Gasteiger charge is 2.18. The van der Waals surface area contributed by atoms with Crippen LogP contribution in [0.5, 0.6) is 5.75 Å². The second-order valence-electron chi connectivity index (χ2n) is 6.29. The molecule has 0 fully saturated rings. The topological polar surface area (TPSA) is 35.5 Å². The van der Waals surface area contributed by atoms with E-state index < -0.39 is 10.8 Å². The molecule has 0 saturated heterocycles. The maximum atomic E-state index is 13.7. The van der Waals surface area contributed by atoms with Gasteiger partial charge in [0.05, 0.1) is 12.4 Å². The van der Waals surface area contributed by atoms with Gasteiger partial charge in [0.25, 0.3) is 0 Å². The maximum absolute atomic E-state index is 13.7. The number of fused-ring (bicyclic) bond motifs is 1. The van der Waals surface area contributed by atoms with Crippen molar-refractivity contribution >= 4 is 10.8 Å². The van der Waals surface area contributed by atoms with Crippen LogP contribution in [0.4, 0.5) is 4.39 Å². The summed E-state index contributed by atoms with van der Waals surface area (Å²) in [7, 11) is -1.13. The van der Waals surface area contributed by atoms with Crippen LogP contribution < -0.4 is 4.74 Å². The number of ether oxygens (including phenoxy) is 2. The monoisotopic (exact) mass is 348 g/mol. The minimum absolute atomic E-state index is 0.148. The lowest BCUT2D eigenvalue weighted by molar-refractivity contribution is -0.0171. The standard InChI is InChI=1S/C19H21FO3S/c1-13(2)15-5-3-14(4-6-15)10-24(21)11-17-8-18(20)7-16-9-22-12-23-19(16)17/h3-8,13H,9-12H2,1-2H3/t24-/m1/s1. The zero-order valence-corrected chi connectivity index (χ0v) is 14.7. The Balaban J connectivity index is 1.72. The largest absolute Gasteiger partial charge is 0.467 e. The molecule has 2 aromatic carbocycles. The molecule has 0 aliphatic carbocycles. The first-order valence-corrected chi connectivity index (χ1v) is 9.47. The Labute approximate surface area is 144 Å². The van der Waals surface area contributed by atoms with Crippen LogP contribution in [0.1, 0.15) is 42.0 Å². The van der Waals surface area contributed by atoms with Crippen LogP contribution in [0.2, 0.25) is 0 Å². The van der Waals surface area contributed by atoms with E-state index >= 15 is 0 Å². The second-order valence-corrected chi connectivity index (χ2v) is 7.75. The van der Waals surface area contributed by atoms with Crippen molar-refractivity contribution in [2.45, 2.75) is 37.9 Å². The summed E-state index contributed by atoms with van der Waals surface area (Å²) in [6, 6.07) is 11.0. The third-order valence-corrected chi connectivity index (χ3v) is 5.33. The molecule has 0 bridgehead atoms. The van der Waals surface area contributed by atoms with Crippen LogP contribution in [0.25, 0.3) is 0 Å². The molecule has 1 heterocycles. The summed E-state index contributed by atoms with van der Waals surface area (Å²) in [6.45, 7) is 4.76. The summed E-state index contributed by atoms with van der Waals surface area (Å²) >= 11 is 0. The van der Waals surface area contributed by atoms with Gasteiger partial charge in [0.1, 0.15) is 11.6 Å². The first kappa shape index (κ1) is 17.1. The van der Waals surface area contributed by atoms with Gasteiger partial charge in [-0.15, -0.1) is 0 Å². The van der Waals surface area contributed by atoms with Crippen LogP contribution in [0, 0.1) is 5.82 Å². The molecule has 0 spiro atoms. The molecule has 1 atom stereocenters. The van der Waals surface area contributed by atoms with E-state index in [1.54, 1.807) is 0 Å². The highest BCUT2D eigenvalue weighted by atomic mass is 32.2. The predicted molar refractivity (Wildman–Crippen MR) is 92.8 cm³/mol. The van der Waals surface area contributed by atoms with Gasteiger partial charge in [-0.3, -0.25) is 4.21 Å².